The van der Waals surface area contributed by atoms with Gasteiger partial charge in [-0.15, -0.1) is 0 Å². The van der Waals surface area contributed by atoms with Crippen molar-refractivity contribution < 1.29 is 5.21 Å². The predicted octanol–water partition coefficient (Wildman–Crippen LogP) is -1.05. The molecule has 0 rings (SSSR count). The molecule has 0 saturated carbocycles. The van der Waals surface area contributed by atoms with Gasteiger partial charge in [-0.3, -0.25) is 0 Å². The third-order valence-electron chi connectivity index (χ3n) is 0.561. The number of oxime groups is 1. The van der Waals surface area contributed by atoms with Gasteiger partial charge in [0, 0.05) is 0 Å². The van der Waals surface area contributed by atoms with Crippen LogP contribution >= 0.6 is 0 Å². The monoisotopic (exact) mass is 103 g/mol. The minimum Gasteiger partial charge on any atom is -0.411 e. The van der Waals surface area contributed by atoms with Gasteiger partial charge in [0.25, 0.3) is 0 Å². The summed E-state index contributed by atoms with van der Waals surface area (Å²) in [4.78, 5) is 0. The average Bonchev–Trinajstić information content (AvgIpc) is 1.68. The lowest BCUT2D eigenvalue weighted by atomic mass is 10.6. The van der Waals surface area contributed by atoms with Crippen molar-refractivity contribution in [2.75, 3.05) is 7.05 Å². The first-order chi connectivity index (χ1) is 3.31. The fourth-order valence-electron chi connectivity index (χ4n) is 0.146. The summed E-state index contributed by atoms with van der Waals surface area (Å²) in [6.45, 7) is 0. The number of hydrogen-bond donors (Lipinski definition) is 3. The van der Waals surface area contributed by atoms with Crippen LogP contribution in [0.25, 0.3) is 0 Å². The summed E-state index contributed by atoms with van der Waals surface area (Å²) < 4.78 is 0. The zero-order valence-corrected chi connectivity index (χ0v) is 4.13. The second-order valence-electron chi connectivity index (χ2n) is 1.08. The Labute approximate surface area is 42.0 Å². The van der Waals surface area contributed by atoms with E-state index in [1.165, 1.54) is 6.21 Å². The zero-order valence-electron chi connectivity index (χ0n) is 4.13. The molecule has 0 spiro atoms. The van der Waals surface area contributed by atoms with Gasteiger partial charge in [0.2, 0.25) is 0 Å². The topological polar surface area (TPSA) is 70.6 Å². The van der Waals surface area contributed by atoms with Crippen molar-refractivity contribution >= 4 is 6.21 Å². The molecule has 0 amide bonds. The van der Waals surface area contributed by atoms with E-state index in [1.807, 2.05) is 0 Å². The van der Waals surface area contributed by atoms with Crippen LogP contribution in [0, 0.1) is 0 Å². The van der Waals surface area contributed by atoms with Crippen LogP contribution in [-0.4, -0.2) is 24.6 Å². The standard InChI is InChI=1S/C3H9N3O/c1-5-3(4)2-6-7/h2-3,5,7H,4H2,1H3/b6-2+. The number of rotatable bonds is 2. The van der Waals surface area contributed by atoms with Crippen LogP contribution in [0.1, 0.15) is 0 Å². The van der Waals surface area contributed by atoms with Gasteiger partial charge in [-0.05, 0) is 7.05 Å². The molecule has 0 aliphatic rings. The normalized spacial score (nSPS) is 15.1. The van der Waals surface area contributed by atoms with Gasteiger partial charge in [0.1, 0.15) is 0 Å². The highest BCUT2D eigenvalue weighted by Gasteiger charge is 1.86. The number of nitrogens with two attached hydrogens (primary N) is 1. The molecule has 0 bridgehead atoms. The molecule has 0 aromatic heterocycles. The molecule has 0 aromatic rings. The second-order valence-corrected chi connectivity index (χ2v) is 1.08. The van der Waals surface area contributed by atoms with Gasteiger partial charge in [0.05, 0.1) is 12.4 Å². The van der Waals surface area contributed by atoms with Crippen LogP contribution in [0.5, 0.6) is 0 Å². The zero-order chi connectivity index (χ0) is 5.70. The molecular weight excluding hydrogens is 94.1 g/mol. The molecule has 0 aliphatic heterocycles. The first-order valence-corrected chi connectivity index (χ1v) is 1.91. The molecular formula is C3H9N3O. The maximum Gasteiger partial charge on any atom is 0.0945 e. The molecule has 42 valence electrons. The molecule has 4 nitrogen and oxygen atoms in total. The van der Waals surface area contributed by atoms with E-state index >= 15 is 0 Å². The lowest BCUT2D eigenvalue weighted by molar-refractivity contribution is 0.319. The Balaban J connectivity index is 3.16. The van der Waals surface area contributed by atoms with Crippen molar-refractivity contribution in [1.29, 1.82) is 0 Å². The fourth-order valence-corrected chi connectivity index (χ4v) is 0.146. The molecule has 7 heavy (non-hydrogen) atoms. The van der Waals surface area contributed by atoms with E-state index in [-0.39, 0.29) is 6.17 Å². The van der Waals surface area contributed by atoms with Crippen LogP contribution < -0.4 is 11.1 Å². The van der Waals surface area contributed by atoms with E-state index in [4.69, 9.17) is 10.9 Å². The summed E-state index contributed by atoms with van der Waals surface area (Å²) in [5, 5.41) is 13.1. The van der Waals surface area contributed by atoms with Crippen LogP contribution in [0.4, 0.5) is 0 Å². The Morgan fingerprint density at radius 3 is 2.71 bits per heavy atom. The lowest BCUT2D eigenvalue weighted by Crippen LogP contribution is -2.35. The van der Waals surface area contributed by atoms with Crippen molar-refractivity contribution in [3.05, 3.63) is 0 Å². The van der Waals surface area contributed by atoms with Crippen molar-refractivity contribution in [2.24, 2.45) is 10.9 Å². The third-order valence-corrected chi connectivity index (χ3v) is 0.561. The summed E-state index contributed by atoms with van der Waals surface area (Å²) in [6, 6.07) is 0. The molecule has 0 heterocycles. The Morgan fingerprint density at radius 1 is 2.00 bits per heavy atom. The highest BCUT2D eigenvalue weighted by Crippen LogP contribution is 1.57. The minimum atomic E-state index is -0.343. The number of nitrogens with zero attached hydrogens (tertiary/aromatic N) is 1. The van der Waals surface area contributed by atoms with Crippen molar-refractivity contribution in [3.8, 4) is 0 Å². The smallest absolute Gasteiger partial charge is 0.0945 e. The second kappa shape index (κ2) is 3.58. The first-order valence-electron chi connectivity index (χ1n) is 1.91. The van der Waals surface area contributed by atoms with Crippen LogP contribution in [0.2, 0.25) is 0 Å². The summed E-state index contributed by atoms with van der Waals surface area (Å²) in [5.74, 6) is 0. The number of nitrogens with one attached hydrogen (secondary N) is 1. The highest BCUT2D eigenvalue weighted by molar-refractivity contribution is 5.62. The first kappa shape index (κ1) is 6.39. The molecule has 0 aliphatic carbocycles. The highest BCUT2D eigenvalue weighted by atomic mass is 16.4. The maximum atomic E-state index is 7.82. The molecule has 1 atom stereocenters. The van der Waals surface area contributed by atoms with Crippen LogP contribution in [0.3, 0.4) is 0 Å². The van der Waals surface area contributed by atoms with E-state index in [9.17, 15) is 0 Å². The van der Waals surface area contributed by atoms with Gasteiger partial charge in [-0.2, -0.15) is 0 Å². The van der Waals surface area contributed by atoms with Gasteiger partial charge in [-0.25, -0.2) is 0 Å². The molecule has 4 N–H and O–H groups in total. The predicted molar refractivity (Wildman–Crippen MR) is 27.3 cm³/mol. The average molecular weight is 103 g/mol. The quantitative estimate of drug-likeness (QED) is 0.181. The largest absolute Gasteiger partial charge is 0.411 e. The Morgan fingerprint density at radius 2 is 2.57 bits per heavy atom. The number of hydrogen-bond acceptors (Lipinski definition) is 4. The van der Waals surface area contributed by atoms with Gasteiger partial charge >= 0.3 is 0 Å². The summed E-state index contributed by atoms with van der Waals surface area (Å²) in [7, 11) is 1.67. The minimum absolute atomic E-state index is 0.343. The van der Waals surface area contributed by atoms with E-state index in [0.29, 0.717) is 0 Å². The molecule has 0 aromatic carbocycles. The Hall–Kier alpha value is -0.610. The van der Waals surface area contributed by atoms with Crippen LogP contribution in [-0.2, 0) is 0 Å². The molecule has 1 unspecified atom stereocenters. The van der Waals surface area contributed by atoms with E-state index < -0.39 is 0 Å². The molecule has 4 heteroatoms. The molecule has 0 radical (unpaired) electrons. The van der Waals surface area contributed by atoms with Crippen molar-refractivity contribution in [2.45, 2.75) is 6.17 Å². The third kappa shape index (κ3) is 3.21. The summed E-state index contributed by atoms with van der Waals surface area (Å²) in [5.41, 5.74) is 5.16. The SMILES string of the molecule is CNC(N)/C=N/O. The van der Waals surface area contributed by atoms with Gasteiger partial charge < -0.3 is 16.3 Å². The Kier molecular flexibility index (Phi) is 3.26. The summed E-state index contributed by atoms with van der Waals surface area (Å²) in [6.07, 6.45) is 0.852. The summed E-state index contributed by atoms with van der Waals surface area (Å²) >= 11 is 0. The molecule has 0 fully saturated rings. The fraction of sp³-hybridized carbons (Fsp3) is 0.667. The van der Waals surface area contributed by atoms with Crippen LogP contribution in [0.15, 0.2) is 5.16 Å². The van der Waals surface area contributed by atoms with Crippen molar-refractivity contribution in [1.82, 2.24) is 5.32 Å². The van der Waals surface area contributed by atoms with Gasteiger partial charge in [-0.1, -0.05) is 5.16 Å². The lowest BCUT2D eigenvalue weighted by Gasteiger charge is -1.97. The van der Waals surface area contributed by atoms with E-state index in [2.05, 4.69) is 10.5 Å². The maximum absolute atomic E-state index is 7.82. The van der Waals surface area contributed by atoms with E-state index in [1.54, 1.807) is 7.05 Å². The van der Waals surface area contributed by atoms with E-state index in [0.717, 1.165) is 0 Å². The Bertz CT molecular complexity index is 63.2. The molecule has 0 saturated heterocycles. The van der Waals surface area contributed by atoms with Gasteiger partial charge in [0.15, 0.2) is 0 Å². The van der Waals surface area contributed by atoms with Crippen molar-refractivity contribution in [3.63, 3.8) is 0 Å².